The number of benzene rings is 1. The van der Waals surface area contributed by atoms with Crippen molar-refractivity contribution in [2.24, 2.45) is 5.16 Å². The van der Waals surface area contributed by atoms with Crippen LogP contribution in [-0.4, -0.2) is 36.5 Å². The monoisotopic (exact) mass is 320 g/mol. The third kappa shape index (κ3) is 5.19. The number of likely N-dealkylation sites (tertiary alicyclic amines) is 1. The summed E-state index contributed by atoms with van der Waals surface area (Å²) in [5.74, 6) is 0.899. The van der Waals surface area contributed by atoms with Crippen molar-refractivity contribution in [2.75, 3.05) is 20.2 Å². The highest BCUT2D eigenvalue weighted by Gasteiger charge is 2.13. The van der Waals surface area contributed by atoms with Gasteiger partial charge < -0.3 is 9.94 Å². The quantitative estimate of drug-likeness (QED) is 0.526. The van der Waals surface area contributed by atoms with Crippen LogP contribution in [0.5, 0.6) is 5.75 Å². The zero-order valence-corrected chi connectivity index (χ0v) is 13.3. The van der Waals surface area contributed by atoms with Crippen LogP contribution in [0.15, 0.2) is 23.4 Å². The van der Waals surface area contributed by atoms with Gasteiger partial charge in [0.05, 0.1) is 13.3 Å². The molecule has 1 aromatic rings. The van der Waals surface area contributed by atoms with E-state index in [9.17, 15) is 0 Å². The topological polar surface area (TPSA) is 45.1 Å². The summed E-state index contributed by atoms with van der Waals surface area (Å²) >= 11 is 0. The van der Waals surface area contributed by atoms with E-state index < -0.39 is 0 Å². The van der Waals surface area contributed by atoms with E-state index in [1.165, 1.54) is 25.5 Å². The molecule has 0 aliphatic carbocycles. The predicted octanol–water partition coefficient (Wildman–Crippen LogP) is 3.33. The van der Waals surface area contributed by atoms with Gasteiger partial charge >= 0.3 is 0 Å². The molecule has 20 heavy (non-hydrogen) atoms. The molecule has 4 nitrogen and oxygen atoms in total. The predicted molar refractivity (Wildman–Crippen MR) is 86.0 cm³/mol. The molecule has 0 saturated carbocycles. The van der Waals surface area contributed by atoms with Crippen LogP contribution in [0.4, 0.5) is 0 Å². The van der Waals surface area contributed by atoms with E-state index in [4.69, 9.17) is 9.94 Å². The Labute approximate surface area is 132 Å². The molecule has 1 aliphatic rings. The second-order valence-electron chi connectivity index (χ2n) is 4.65. The second-order valence-corrected chi connectivity index (χ2v) is 4.65. The summed E-state index contributed by atoms with van der Waals surface area (Å²) in [5.41, 5.74) is 2.04. The van der Waals surface area contributed by atoms with Gasteiger partial charge in [0.2, 0.25) is 0 Å². The fourth-order valence-corrected chi connectivity index (χ4v) is 2.43. The summed E-state index contributed by atoms with van der Waals surface area (Å²) in [6, 6.07) is 5.84. The standard InChI is InChI=1S/C14H20N2O2.2ClH/c1-18-14-6-5-12(10-15-17)9-13(14)11-16-7-3-2-4-8-16;;/h5-6,9-10,17H,2-4,7-8,11H2,1H3;2*1H. The van der Waals surface area contributed by atoms with Crippen molar-refractivity contribution in [3.8, 4) is 5.75 Å². The molecule has 1 fully saturated rings. The summed E-state index contributed by atoms with van der Waals surface area (Å²) in [6.45, 7) is 3.21. The van der Waals surface area contributed by atoms with E-state index in [-0.39, 0.29) is 24.8 Å². The Morgan fingerprint density at radius 3 is 2.55 bits per heavy atom. The third-order valence-electron chi connectivity index (χ3n) is 3.35. The highest BCUT2D eigenvalue weighted by molar-refractivity contribution is 5.85. The summed E-state index contributed by atoms with van der Waals surface area (Å²) in [6.07, 6.45) is 5.34. The average molecular weight is 321 g/mol. The SMILES string of the molecule is COc1ccc(C=NO)cc1CN1CCCCC1.Cl.Cl. The maximum absolute atomic E-state index is 8.59. The fraction of sp³-hybridized carbons (Fsp3) is 0.500. The van der Waals surface area contributed by atoms with Gasteiger partial charge in [-0.3, -0.25) is 4.90 Å². The third-order valence-corrected chi connectivity index (χ3v) is 3.35. The molecule has 1 aliphatic heterocycles. The molecule has 0 unspecified atom stereocenters. The van der Waals surface area contributed by atoms with E-state index in [2.05, 4.69) is 10.1 Å². The number of nitrogens with zero attached hydrogens (tertiary/aromatic N) is 2. The van der Waals surface area contributed by atoms with Crippen LogP contribution < -0.4 is 4.74 Å². The van der Waals surface area contributed by atoms with E-state index in [1.54, 1.807) is 7.11 Å². The van der Waals surface area contributed by atoms with E-state index in [1.807, 2.05) is 18.2 Å². The maximum Gasteiger partial charge on any atom is 0.123 e. The molecule has 114 valence electrons. The Balaban J connectivity index is 0.00000180. The van der Waals surface area contributed by atoms with Gasteiger partial charge in [0.1, 0.15) is 5.75 Å². The number of oxime groups is 1. The van der Waals surface area contributed by atoms with Gasteiger partial charge in [0.25, 0.3) is 0 Å². The average Bonchev–Trinajstić information content (AvgIpc) is 2.41. The largest absolute Gasteiger partial charge is 0.496 e. The summed E-state index contributed by atoms with van der Waals surface area (Å²) in [5, 5.41) is 11.7. The lowest BCUT2D eigenvalue weighted by molar-refractivity contribution is 0.218. The lowest BCUT2D eigenvalue weighted by atomic mass is 10.1. The lowest BCUT2D eigenvalue weighted by Crippen LogP contribution is -2.29. The molecule has 1 heterocycles. The number of hydrogen-bond donors (Lipinski definition) is 1. The molecule has 0 atom stereocenters. The molecule has 0 spiro atoms. The maximum atomic E-state index is 8.59. The van der Waals surface area contributed by atoms with Crippen molar-refractivity contribution in [1.29, 1.82) is 0 Å². The molecule has 2 rings (SSSR count). The number of hydrogen-bond acceptors (Lipinski definition) is 4. The van der Waals surface area contributed by atoms with Crippen molar-refractivity contribution in [3.63, 3.8) is 0 Å². The van der Waals surface area contributed by atoms with Crippen LogP contribution in [-0.2, 0) is 6.54 Å². The van der Waals surface area contributed by atoms with Crippen LogP contribution in [0.3, 0.4) is 0 Å². The molecular formula is C14H22Cl2N2O2. The van der Waals surface area contributed by atoms with Crippen molar-refractivity contribution < 1.29 is 9.94 Å². The van der Waals surface area contributed by atoms with E-state index in [0.29, 0.717) is 0 Å². The molecular weight excluding hydrogens is 299 g/mol. The smallest absolute Gasteiger partial charge is 0.123 e. The molecule has 1 aromatic carbocycles. The van der Waals surface area contributed by atoms with Crippen molar-refractivity contribution in [2.45, 2.75) is 25.8 Å². The van der Waals surface area contributed by atoms with E-state index in [0.717, 1.165) is 36.5 Å². The van der Waals surface area contributed by atoms with Crippen LogP contribution in [0.1, 0.15) is 30.4 Å². The molecule has 0 amide bonds. The van der Waals surface area contributed by atoms with Crippen LogP contribution in [0, 0.1) is 0 Å². The highest BCUT2D eigenvalue weighted by atomic mass is 35.5. The fourth-order valence-electron chi connectivity index (χ4n) is 2.43. The first-order valence-corrected chi connectivity index (χ1v) is 6.40. The first-order chi connectivity index (χ1) is 8.83. The van der Waals surface area contributed by atoms with Gasteiger partial charge in [-0.05, 0) is 49.7 Å². The number of ether oxygens (including phenoxy) is 1. The lowest BCUT2D eigenvalue weighted by Gasteiger charge is -2.27. The Morgan fingerprint density at radius 2 is 1.95 bits per heavy atom. The normalized spacial score (nSPS) is 15.4. The highest BCUT2D eigenvalue weighted by Crippen LogP contribution is 2.22. The summed E-state index contributed by atoms with van der Waals surface area (Å²) < 4.78 is 5.39. The minimum atomic E-state index is 0. The number of rotatable bonds is 4. The van der Waals surface area contributed by atoms with Gasteiger partial charge in [0.15, 0.2) is 0 Å². The molecule has 6 heteroatoms. The van der Waals surface area contributed by atoms with Gasteiger partial charge in [-0.1, -0.05) is 11.6 Å². The van der Waals surface area contributed by atoms with E-state index >= 15 is 0 Å². The zero-order valence-electron chi connectivity index (χ0n) is 11.6. The van der Waals surface area contributed by atoms with Gasteiger partial charge in [-0.25, -0.2) is 0 Å². The molecule has 0 radical (unpaired) electrons. The Kier molecular flexibility index (Phi) is 9.38. The minimum absolute atomic E-state index is 0. The van der Waals surface area contributed by atoms with Crippen molar-refractivity contribution in [3.05, 3.63) is 29.3 Å². The first-order valence-electron chi connectivity index (χ1n) is 6.40. The molecule has 1 saturated heterocycles. The summed E-state index contributed by atoms with van der Waals surface area (Å²) in [7, 11) is 1.69. The number of methoxy groups -OCH3 is 1. The molecule has 1 N–H and O–H groups in total. The Morgan fingerprint density at radius 1 is 1.25 bits per heavy atom. The van der Waals surface area contributed by atoms with Crippen molar-refractivity contribution in [1.82, 2.24) is 4.90 Å². The van der Waals surface area contributed by atoms with Crippen LogP contribution >= 0.6 is 24.8 Å². The Hall–Kier alpha value is -0.970. The van der Waals surface area contributed by atoms with Crippen molar-refractivity contribution >= 4 is 31.0 Å². The van der Waals surface area contributed by atoms with Crippen LogP contribution in [0.2, 0.25) is 0 Å². The molecule has 0 bridgehead atoms. The zero-order chi connectivity index (χ0) is 12.8. The Bertz CT molecular complexity index is 422. The number of piperidine rings is 1. The minimum Gasteiger partial charge on any atom is -0.496 e. The summed E-state index contributed by atoms with van der Waals surface area (Å²) in [4.78, 5) is 2.45. The van der Waals surface area contributed by atoms with Gasteiger partial charge in [-0.2, -0.15) is 0 Å². The first kappa shape index (κ1) is 19.0. The van der Waals surface area contributed by atoms with Gasteiger partial charge in [0, 0.05) is 12.1 Å². The second kappa shape index (κ2) is 9.86. The number of halogens is 2. The molecule has 0 aromatic heterocycles. The van der Waals surface area contributed by atoms with Crippen LogP contribution in [0.25, 0.3) is 0 Å². The van der Waals surface area contributed by atoms with Gasteiger partial charge in [-0.15, -0.1) is 24.8 Å².